The second-order valence-electron chi connectivity index (χ2n) is 11.9. The van der Waals surface area contributed by atoms with E-state index in [1.54, 1.807) is 31.2 Å². The summed E-state index contributed by atoms with van der Waals surface area (Å²) in [6.45, 7) is 12.4. The first-order chi connectivity index (χ1) is 21.8. The summed E-state index contributed by atoms with van der Waals surface area (Å²) in [7, 11) is 3.34. The van der Waals surface area contributed by atoms with E-state index in [2.05, 4.69) is 30.7 Å². The number of hydrogen-bond donors (Lipinski definition) is 3. The molecule has 3 rings (SSSR count). The molecule has 246 valence electrons. The standard InChI is InChI=1S/C37H53N3O5/c1-7-11-18-27(10-4)37(43)40(5)33(15-8-2)36(42)39-32(22-26-16-13-12-14-17-26)34(41)25-38-31-24-35(45-21-9-3)29-20-19-28(44-6)23-30(29)31/h8-9,12-14,16-17,19-20,23,27,31-35,38,41H,2-3,7,10-11,15,18,21-22,24-25H2,1,4-6H3,(H,39,42)/t27?,31-,32?,33-,34?,35+/m0/s1. The largest absolute Gasteiger partial charge is 0.497 e. The van der Waals surface area contributed by atoms with Gasteiger partial charge in [-0.1, -0.05) is 75.2 Å². The predicted octanol–water partition coefficient (Wildman–Crippen LogP) is 5.68. The average Bonchev–Trinajstić information content (AvgIpc) is 3.41. The maximum atomic E-state index is 13.8. The Morgan fingerprint density at radius 2 is 1.87 bits per heavy atom. The summed E-state index contributed by atoms with van der Waals surface area (Å²) in [4.78, 5) is 28.8. The summed E-state index contributed by atoms with van der Waals surface area (Å²) in [5.41, 5.74) is 3.15. The van der Waals surface area contributed by atoms with E-state index >= 15 is 0 Å². The molecule has 6 atom stereocenters. The van der Waals surface area contributed by atoms with Crippen molar-refractivity contribution in [3.63, 3.8) is 0 Å². The van der Waals surface area contributed by atoms with Crippen LogP contribution in [0.5, 0.6) is 5.75 Å². The zero-order chi connectivity index (χ0) is 32.8. The van der Waals surface area contributed by atoms with Crippen LogP contribution in [0.3, 0.4) is 0 Å². The average molecular weight is 620 g/mol. The molecule has 8 heteroatoms. The first kappa shape index (κ1) is 36.0. The van der Waals surface area contributed by atoms with Crippen molar-refractivity contribution >= 4 is 11.8 Å². The van der Waals surface area contributed by atoms with Crippen LogP contribution in [0.1, 0.15) is 81.2 Å². The molecule has 0 heterocycles. The molecule has 1 aliphatic carbocycles. The van der Waals surface area contributed by atoms with Crippen molar-refractivity contribution in [3.8, 4) is 5.75 Å². The Hall–Kier alpha value is -3.46. The molecule has 1 aliphatic rings. The summed E-state index contributed by atoms with van der Waals surface area (Å²) in [6.07, 6.45) is 7.35. The minimum Gasteiger partial charge on any atom is -0.497 e. The maximum Gasteiger partial charge on any atom is 0.243 e. The zero-order valence-electron chi connectivity index (χ0n) is 27.5. The highest BCUT2D eigenvalue weighted by molar-refractivity contribution is 5.88. The van der Waals surface area contributed by atoms with Crippen molar-refractivity contribution in [2.45, 2.75) is 89.1 Å². The third-order valence-corrected chi connectivity index (χ3v) is 8.80. The molecule has 0 saturated carbocycles. The van der Waals surface area contributed by atoms with Crippen molar-refractivity contribution < 1.29 is 24.2 Å². The fourth-order valence-corrected chi connectivity index (χ4v) is 6.11. The molecular formula is C37H53N3O5. The molecule has 0 saturated heterocycles. The van der Waals surface area contributed by atoms with E-state index in [-0.39, 0.29) is 36.4 Å². The number of benzene rings is 2. The van der Waals surface area contributed by atoms with E-state index in [4.69, 9.17) is 9.47 Å². The maximum absolute atomic E-state index is 13.8. The van der Waals surface area contributed by atoms with Gasteiger partial charge in [0.2, 0.25) is 11.8 Å². The van der Waals surface area contributed by atoms with Gasteiger partial charge in [-0.05, 0) is 60.9 Å². The first-order valence-corrected chi connectivity index (χ1v) is 16.3. The van der Waals surface area contributed by atoms with Crippen LogP contribution in [-0.4, -0.2) is 67.3 Å². The monoisotopic (exact) mass is 619 g/mol. The molecule has 0 radical (unpaired) electrons. The highest BCUT2D eigenvalue weighted by Gasteiger charge is 2.35. The summed E-state index contributed by atoms with van der Waals surface area (Å²) in [5.74, 6) is 0.298. The SMILES string of the molecule is C=CCO[C@@H]1C[C@H](NCC(O)C(Cc2ccccc2)NC(=O)[C@H](CC=C)N(C)C(=O)C(CC)CCCC)c2cc(OC)ccc21. The minimum atomic E-state index is -0.908. The van der Waals surface area contributed by atoms with Crippen molar-refractivity contribution in [2.75, 3.05) is 27.3 Å². The van der Waals surface area contributed by atoms with Crippen molar-refractivity contribution in [2.24, 2.45) is 5.92 Å². The van der Waals surface area contributed by atoms with Crippen LogP contribution in [0.25, 0.3) is 0 Å². The molecule has 2 aromatic rings. The van der Waals surface area contributed by atoms with Gasteiger partial charge in [-0.2, -0.15) is 0 Å². The van der Waals surface area contributed by atoms with E-state index in [9.17, 15) is 14.7 Å². The third-order valence-electron chi connectivity index (χ3n) is 8.80. The minimum absolute atomic E-state index is 0.0293. The summed E-state index contributed by atoms with van der Waals surface area (Å²) in [6, 6.07) is 14.4. The van der Waals surface area contributed by atoms with Gasteiger partial charge in [0.1, 0.15) is 11.8 Å². The van der Waals surface area contributed by atoms with Crippen molar-refractivity contribution in [3.05, 3.63) is 90.5 Å². The fourth-order valence-electron chi connectivity index (χ4n) is 6.11. The number of nitrogens with one attached hydrogen (secondary N) is 2. The highest BCUT2D eigenvalue weighted by atomic mass is 16.5. The molecule has 3 N–H and O–H groups in total. The van der Waals surface area contributed by atoms with E-state index in [1.807, 2.05) is 55.5 Å². The number of hydrogen-bond acceptors (Lipinski definition) is 6. The number of aliphatic hydroxyl groups is 1. The number of likely N-dealkylation sites (N-methyl/N-ethyl adjacent to an activating group) is 1. The van der Waals surface area contributed by atoms with Gasteiger partial charge in [0, 0.05) is 25.6 Å². The number of nitrogens with zero attached hydrogens (tertiary/aromatic N) is 1. The molecule has 0 aliphatic heterocycles. The summed E-state index contributed by atoms with van der Waals surface area (Å²) >= 11 is 0. The molecule has 2 aromatic carbocycles. The summed E-state index contributed by atoms with van der Waals surface area (Å²) < 4.78 is 11.5. The molecule has 3 unspecified atom stereocenters. The number of ether oxygens (including phenoxy) is 2. The Balaban J connectivity index is 1.78. The highest BCUT2D eigenvalue weighted by Crippen LogP contribution is 2.42. The number of aliphatic hydroxyl groups excluding tert-OH is 1. The summed E-state index contributed by atoms with van der Waals surface area (Å²) in [5, 5.41) is 18.2. The lowest BCUT2D eigenvalue weighted by atomic mass is 9.96. The van der Waals surface area contributed by atoms with Gasteiger partial charge in [-0.15, -0.1) is 13.2 Å². The number of carbonyl (C=O) groups is 2. The van der Waals surface area contributed by atoms with Gasteiger partial charge in [-0.3, -0.25) is 9.59 Å². The molecule has 0 fully saturated rings. The van der Waals surface area contributed by atoms with E-state index < -0.39 is 18.2 Å². The van der Waals surface area contributed by atoms with Gasteiger partial charge in [0.25, 0.3) is 0 Å². The number of carbonyl (C=O) groups excluding carboxylic acids is 2. The molecule has 45 heavy (non-hydrogen) atoms. The van der Waals surface area contributed by atoms with Crippen LogP contribution in [0.2, 0.25) is 0 Å². The van der Waals surface area contributed by atoms with Crippen molar-refractivity contribution in [1.29, 1.82) is 0 Å². The number of rotatable bonds is 20. The second-order valence-corrected chi connectivity index (χ2v) is 11.9. The fraction of sp³-hybridized carbons (Fsp3) is 0.514. The number of unbranched alkanes of at least 4 members (excludes halogenated alkanes) is 1. The lowest BCUT2D eigenvalue weighted by Gasteiger charge is -2.32. The lowest BCUT2D eigenvalue weighted by Crippen LogP contribution is -2.55. The van der Waals surface area contributed by atoms with Crippen LogP contribution >= 0.6 is 0 Å². The number of amides is 2. The molecule has 0 aromatic heterocycles. The van der Waals surface area contributed by atoms with Crippen LogP contribution in [0, 0.1) is 5.92 Å². The predicted molar refractivity (Wildman–Crippen MR) is 180 cm³/mol. The number of methoxy groups -OCH3 is 1. The molecular weight excluding hydrogens is 566 g/mol. The molecule has 0 spiro atoms. The Bertz CT molecular complexity index is 1240. The van der Waals surface area contributed by atoms with Gasteiger partial charge >= 0.3 is 0 Å². The normalized spacial score (nSPS) is 18.2. The quantitative estimate of drug-likeness (QED) is 0.165. The van der Waals surface area contributed by atoms with Gasteiger partial charge < -0.3 is 30.1 Å². The van der Waals surface area contributed by atoms with E-state index in [0.29, 0.717) is 25.9 Å². The number of fused-ring (bicyclic) bond motifs is 1. The Kier molecular flexibility index (Phi) is 14.8. The second kappa shape index (κ2) is 18.5. The molecule has 2 amide bonds. The third kappa shape index (κ3) is 10.0. The van der Waals surface area contributed by atoms with Crippen LogP contribution in [0.15, 0.2) is 73.8 Å². The van der Waals surface area contributed by atoms with Gasteiger partial charge in [0.15, 0.2) is 0 Å². The van der Waals surface area contributed by atoms with E-state index in [1.165, 1.54) is 0 Å². The Morgan fingerprint density at radius 3 is 2.51 bits per heavy atom. The van der Waals surface area contributed by atoms with Gasteiger partial charge in [-0.25, -0.2) is 0 Å². The lowest BCUT2D eigenvalue weighted by molar-refractivity contribution is -0.142. The Morgan fingerprint density at radius 1 is 1.11 bits per heavy atom. The van der Waals surface area contributed by atoms with Crippen LogP contribution < -0.4 is 15.4 Å². The van der Waals surface area contributed by atoms with E-state index in [0.717, 1.165) is 48.1 Å². The first-order valence-electron chi connectivity index (χ1n) is 16.3. The topological polar surface area (TPSA) is 100 Å². The van der Waals surface area contributed by atoms with Crippen LogP contribution in [-0.2, 0) is 20.7 Å². The van der Waals surface area contributed by atoms with Crippen LogP contribution in [0.4, 0.5) is 0 Å². The Labute approximate surface area is 269 Å². The molecule has 8 nitrogen and oxygen atoms in total. The van der Waals surface area contributed by atoms with Crippen molar-refractivity contribution in [1.82, 2.24) is 15.5 Å². The molecule has 0 bridgehead atoms. The van der Waals surface area contributed by atoms with Gasteiger partial charge in [0.05, 0.1) is 32.0 Å². The zero-order valence-corrected chi connectivity index (χ0v) is 27.5. The smallest absolute Gasteiger partial charge is 0.243 e.